The highest BCUT2D eigenvalue weighted by molar-refractivity contribution is 5.92. The van der Waals surface area contributed by atoms with Crippen LogP contribution in [0.5, 0.6) is 5.75 Å². The third-order valence-electron chi connectivity index (χ3n) is 10.6. The SMILES string of the molecule is CN(C)C(=O)C(CCN1CC[C@]2(C)c3cc(O)ccc3C[C@@H]1[C@H]2N(C)C(=O)Nc1ccc(C#N)cc1)(c1ccccc1)c1ccccc1. The normalized spacial score (nSPS) is 20.2. The second kappa shape index (κ2) is 13.2. The number of anilines is 1. The summed E-state index contributed by atoms with van der Waals surface area (Å²) < 4.78 is 0. The van der Waals surface area contributed by atoms with Gasteiger partial charge in [0.1, 0.15) is 11.2 Å². The minimum Gasteiger partial charge on any atom is -0.508 e. The Bertz CT molecular complexity index is 1780. The van der Waals surface area contributed by atoms with Crippen LogP contribution in [-0.2, 0) is 22.0 Å². The molecule has 4 aromatic rings. The summed E-state index contributed by atoms with van der Waals surface area (Å²) >= 11 is 0. The van der Waals surface area contributed by atoms with Gasteiger partial charge in [0.2, 0.25) is 5.91 Å². The Labute approximate surface area is 283 Å². The molecule has 1 fully saturated rings. The van der Waals surface area contributed by atoms with Gasteiger partial charge in [0.05, 0.1) is 17.7 Å². The Morgan fingerprint density at radius 1 is 0.958 bits per heavy atom. The number of amides is 3. The van der Waals surface area contributed by atoms with Gasteiger partial charge in [-0.2, -0.15) is 5.26 Å². The molecule has 1 aliphatic carbocycles. The maximum atomic E-state index is 14.4. The first-order valence-corrected chi connectivity index (χ1v) is 16.5. The van der Waals surface area contributed by atoms with E-state index in [1.165, 1.54) is 5.56 Å². The van der Waals surface area contributed by atoms with Crippen LogP contribution in [0.1, 0.15) is 47.6 Å². The molecule has 4 aromatic carbocycles. The van der Waals surface area contributed by atoms with Crippen LogP contribution in [0.2, 0.25) is 0 Å². The number of hydrogen-bond donors (Lipinski definition) is 2. The fourth-order valence-electron chi connectivity index (χ4n) is 8.22. The van der Waals surface area contributed by atoms with Crippen LogP contribution in [0, 0.1) is 11.3 Å². The van der Waals surface area contributed by atoms with Crippen molar-refractivity contribution < 1.29 is 14.7 Å². The summed E-state index contributed by atoms with van der Waals surface area (Å²) in [4.78, 5) is 34.3. The summed E-state index contributed by atoms with van der Waals surface area (Å²) in [5.74, 6) is 0.249. The van der Waals surface area contributed by atoms with Crippen LogP contribution in [0.3, 0.4) is 0 Å². The third-order valence-corrected chi connectivity index (χ3v) is 10.6. The minimum atomic E-state index is -0.903. The number of phenolic OH excluding ortho intramolecular Hbond substituents is 1. The number of aromatic hydroxyl groups is 1. The van der Waals surface area contributed by atoms with E-state index in [-0.39, 0.29) is 29.8 Å². The number of carbonyl (C=O) groups excluding carboxylic acids is 2. The van der Waals surface area contributed by atoms with Gasteiger partial charge in [-0.15, -0.1) is 0 Å². The molecule has 3 atom stereocenters. The predicted molar refractivity (Wildman–Crippen MR) is 188 cm³/mol. The fourth-order valence-corrected chi connectivity index (χ4v) is 8.22. The van der Waals surface area contributed by atoms with Gasteiger partial charge >= 0.3 is 6.03 Å². The van der Waals surface area contributed by atoms with Crippen LogP contribution in [0.4, 0.5) is 10.5 Å². The Kier molecular flexibility index (Phi) is 9.00. The van der Waals surface area contributed by atoms with Crippen molar-refractivity contribution in [3.05, 3.63) is 131 Å². The van der Waals surface area contributed by atoms with Crippen LogP contribution in [0.25, 0.3) is 0 Å². The fraction of sp³-hybridized carbons (Fsp3) is 0.325. The van der Waals surface area contributed by atoms with E-state index in [2.05, 4.69) is 47.5 Å². The zero-order valence-electron chi connectivity index (χ0n) is 28.1. The summed E-state index contributed by atoms with van der Waals surface area (Å²) in [6.07, 6.45) is 2.03. The maximum Gasteiger partial charge on any atom is 0.321 e. The van der Waals surface area contributed by atoms with Crippen LogP contribution < -0.4 is 5.32 Å². The van der Waals surface area contributed by atoms with Crippen molar-refractivity contribution in [1.29, 1.82) is 5.26 Å². The lowest BCUT2D eigenvalue weighted by Gasteiger charge is -2.58. The lowest BCUT2D eigenvalue weighted by Crippen LogP contribution is -2.68. The molecule has 0 saturated carbocycles. The number of carbonyl (C=O) groups is 2. The molecular weight excluding hydrogens is 598 g/mol. The molecule has 1 saturated heterocycles. The summed E-state index contributed by atoms with van der Waals surface area (Å²) in [6, 6.07) is 34.2. The molecule has 2 bridgehead atoms. The molecule has 0 spiro atoms. The molecule has 3 amide bonds. The van der Waals surface area contributed by atoms with Crippen molar-refractivity contribution >= 4 is 17.6 Å². The predicted octanol–water partition coefficient (Wildman–Crippen LogP) is 6.15. The van der Waals surface area contributed by atoms with Crippen molar-refractivity contribution in [2.24, 2.45) is 0 Å². The number of nitrogens with zero attached hydrogens (tertiary/aromatic N) is 4. The zero-order valence-corrected chi connectivity index (χ0v) is 28.1. The molecular formula is C40H43N5O3. The smallest absolute Gasteiger partial charge is 0.321 e. The van der Waals surface area contributed by atoms with E-state index in [0.29, 0.717) is 30.6 Å². The van der Waals surface area contributed by atoms with E-state index in [1.54, 1.807) is 35.2 Å². The van der Waals surface area contributed by atoms with Crippen molar-refractivity contribution in [3.8, 4) is 11.8 Å². The van der Waals surface area contributed by atoms with Crippen LogP contribution >= 0.6 is 0 Å². The number of benzene rings is 4. The highest BCUT2D eigenvalue weighted by atomic mass is 16.3. The van der Waals surface area contributed by atoms with E-state index in [0.717, 1.165) is 29.7 Å². The summed E-state index contributed by atoms with van der Waals surface area (Å²) in [7, 11) is 5.49. The van der Waals surface area contributed by atoms with Gasteiger partial charge in [-0.05, 0) is 84.5 Å². The number of likely N-dealkylation sites (tertiary alicyclic amines) is 1. The number of hydrogen-bond acceptors (Lipinski definition) is 5. The Balaban J connectivity index is 1.37. The number of likely N-dealkylation sites (N-methyl/N-ethyl adjacent to an activating group) is 2. The van der Waals surface area contributed by atoms with E-state index in [9.17, 15) is 20.0 Å². The van der Waals surface area contributed by atoms with Gasteiger partial charge in [0.25, 0.3) is 0 Å². The molecule has 1 aliphatic heterocycles. The molecule has 8 heteroatoms. The molecule has 0 aromatic heterocycles. The van der Waals surface area contributed by atoms with E-state index < -0.39 is 10.8 Å². The number of rotatable bonds is 8. The zero-order chi connectivity index (χ0) is 34.1. The van der Waals surface area contributed by atoms with Gasteiger partial charge in [-0.25, -0.2) is 4.79 Å². The Morgan fingerprint density at radius 3 is 2.17 bits per heavy atom. The average Bonchev–Trinajstić information content (AvgIpc) is 3.10. The molecule has 6 rings (SSSR count). The molecule has 2 aliphatic rings. The average molecular weight is 642 g/mol. The summed E-state index contributed by atoms with van der Waals surface area (Å²) in [5.41, 5.74) is 3.98. The molecule has 0 radical (unpaired) electrons. The largest absolute Gasteiger partial charge is 0.508 e. The van der Waals surface area contributed by atoms with E-state index >= 15 is 0 Å². The topological polar surface area (TPSA) is 99.9 Å². The number of phenols is 1. The minimum absolute atomic E-state index is 0.0293. The van der Waals surface area contributed by atoms with Gasteiger partial charge in [0, 0.05) is 44.8 Å². The number of fused-ring (bicyclic) bond motifs is 4. The molecule has 2 N–H and O–H groups in total. The van der Waals surface area contributed by atoms with Crippen LogP contribution in [0.15, 0.2) is 103 Å². The van der Waals surface area contributed by atoms with Gasteiger partial charge in [-0.1, -0.05) is 73.7 Å². The third kappa shape index (κ3) is 5.80. The van der Waals surface area contributed by atoms with Gasteiger partial charge < -0.3 is 20.2 Å². The van der Waals surface area contributed by atoms with Crippen molar-refractivity contribution in [1.82, 2.24) is 14.7 Å². The van der Waals surface area contributed by atoms with Crippen molar-refractivity contribution in [3.63, 3.8) is 0 Å². The van der Waals surface area contributed by atoms with Crippen LogP contribution in [-0.4, -0.2) is 78.1 Å². The van der Waals surface area contributed by atoms with Crippen molar-refractivity contribution in [2.45, 2.75) is 49.1 Å². The Hall–Kier alpha value is -5.13. The van der Waals surface area contributed by atoms with Gasteiger partial charge in [-0.3, -0.25) is 9.69 Å². The van der Waals surface area contributed by atoms with E-state index in [4.69, 9.17) is 0 Å². The highest BCUT2D eigenvalue weighted by Crippen LogP contribution is 2.48. The second-order valence-corrected chi connectivity index (χ2v) is 13.6. The molecule has 1 heterocycles. The standard InChI is InChI=1S/C40H43N5O3/c1-39-21-23-45(24-22-40(37(47)43(2)3,30-11-7-5-8-12-30)31-13-9-6-10-14-31)35(25-29-17-20-33(46)26-34(29)39)36(39)44(4)38(48)42-32-18-15-28(27-41)16-19-32/h5-20,26,35-36,46H,21-25H2,1-4H3,(H,42,48)/t35-,36-,39-/m1/s1. The van der Waals surface area contributed by atoms with E-state index in [1.807, 2.05) is 74.6 Å². The first-order chi connectivity index (χ1) is 23.1. The van der Waals surface area contributed by atoms with Crippen molar-refractivity contribution in [2.75, 3.05) is 39.5 Å². The number of nitriles is 1. The first-order valence-electron chi connectivity index (χ1n) is 16.5. The number of nitrogens with one attached hydrogen (secondary N) is 1. The second-order valence-electron chi connectivity index (χ2n) is 13.6. The lowest BCUT2D eigenvalue weighted by molar-refractivity contribution is -0.134. The lowest BCUT2D eigenvalue weighted by atomic mass is 9.61. The summed E-state index contributed by atoms with van der Waals surface area (Å²) in [6.45, 7) is 3.63. The number of urea groups is 1. The summed E-state index contributed by atoms with van der Waals surface area (Å²) in [5, 5.41) is 22.8. The van der Waals surface area contributed by atoms with Gasteiger partial charge in [0.15, 0.2) is 0 Å². The quantitative estimate of drug-likeness (QED) is 0.241. The monoisotopic (exact) mass is 641 g/mol. The Morgan fingerprint density at radius 2 is 1.58 bits per heavy atom. The molecule has 0 unspecified atom stereocenters. The number of piperidine rings is 1. The maximum absolute atomic E-state index is 14.4. The first kappa shape index (κ1) is 32.8. The highest BCUT2D eigenvalue weighted by Gasteiger charge is 2.54. The molecule has 246 valence electrons. The molecule has 48 heavy (non-hydrogen) atoms. The molecule has 8 nitrogen and oxygen atoms in total.